The van der Waals surface area contributed by atoms with Crippen molar-refractivity contribution in [2.75, 3.05) is 17.1 Å². The number of anilines is 2. The second-order valence-electron chi connectivity index (χ2n) is 7.08. The van der Waals surface area contributed by atoms with Gasteiger partial charge in [-0.15, -0.1) is 0 Å². The van der Waals surface area contributed by atoms with Crippen LogP contribution >= 0.6 is 11.6 Å². The second kappa shape index (κ2) is 9.46. The first-order valence-electron chi connectivity index (χ1n) is 9.88. The average molecular weight is 499 g/mol. The summed E-state index contributed by atoms with van der Waals surface area (Å²) in [5.41, 5.74) is 0.816. The van der Waals surface area contributed by atoms with Crippen molar-refractivity contribution < 1.29 is 23.1 Å². The zero-order valence-corrected chi connectivity index (χ0v) is 19.3. The molecule has 174 valence electrons. The lowest BCUT2D eigenvalue weighted by Gasteiger charge is -2.11. The summed E-state index contributed by atoms with van der Waals surface area (Å²) in [7, 11) is -2.63. The van der Waals surface area contributed by atoms with Crippen molar-refractivity contribution in [1.29, 1.82) is 0 Å². The highest BCUT2D eigenvalue weighted by Gasteiger charge is 2.22. The Bertz CT molecular complexity index is 1460. The van der Waals surface area contributed by atoms with Crippen molar-refractivity contribution in [2.45, 2.75) is 4.90 Å². The first-order valence-corrected chi connectivity index (χ1v) is 11.7. The molecule has 1 heterocycles. The molecule has 4 rings (SSSR count). The third kappa shape index (κ3) is 4.98. The van der Waals surface area contributed by atoms with Gasteiger partial charge in [0, 0.05) is 5.02 Å². The number of carbonyl (C=O) groups is 1. The van der Waals surface area contributed by atoms with Gasteiger partial charge in [0.25, 0.3) is 15.9 Å². The van der Waals surface area contributed by atoms with Crippen molar-refractivity contribution in [2.24, 2.45) is 0 Å². The first-order chi connectivity index (χ1) is 16.3. The standard InChI is InChI=1S/C23H19ClN4O5S/c1-33-21-14-28(17-8-3-2-4-9-17)26-22(21)23(30)25-19-13-18(10-11-20(19)29)34(31,32)27-16-7-5-6-15(24)12-16/h2-14,27,29H,1H3,(H,25,30). The molecule has 1 amide bonds. The molecule has 0 spiro atoms. The number of phenolic OH excluding ortho intramolecular Hbond substituents is 1. The molecule has 3 N–H and O–H groups in total. The number of hydrogen-bond donors (Lipinski definition) is 3. The molecule has 0 bridgehead atoms. The van der Waals surface area contributed by atoms with E-state index in [0.717, 1.165) is 6.07 Å². The van der Waals surface area contributed by atoms with Crippen LogP contribution in [0.4, 0.5) is 11.4 Å². The van der Waals surface area contributed by atoms with Crippen LogP contribution in [0.25, 0.3) is 5.69 Å². The highest BCUT2D eigenvalue weighted by molar-refractivity contribution is 7.92. The lowest BCUT2D eigenvalue weighted by molar-refractivity contribution is 0.101. The molecule has 0 atom stereocenters. The summed E-state index contributed by atoms with van der Waals surface area (Å²) in [5.74, 6) is -0.817. The highest BCUT2D eigenvalue weighted by atomic mass is 35.5. The number of nitrogens with one attached hydrogen (secondary N) is 2. The lowest BCUT2D eigenvalue weighted by Crippen LogP contribution is -2.16. The molecular formula is C23H19ClN4O5S. The number of sulfonamides is 1. The van der Waals surface area contributed by atoms with E-state index in [4.69, 9.17) is 16.3 Å². The van der Waals surface area contributed by atoms with E-state index in [-0.39, 0.29) is 33.5 Å². The number of methoxy groups -OCH3 is 1. The molecule has 1 aromatic heterocycles. The Kier molecular flexibility index (Phi) is 6.44. The van der Waals surface area contributed by atoms with E-state index in [1.54, 1.807) is 36.5 Å². The van der Waals surface area contributed by atoms with E-state index < -0.39 is 15.9 Å². The monoisotopic (exact) mass is 498 g/mol. The summed E-state index contributed by atoms with van der Waals surface area (Å²) in [5, 5.41) is 17.4. The number of aromatic nitrogens is 2. The fraction of sp³-hybridized carbons (Fsp3) is 0.0435. The fourth-order valence-electron chi connectivity index (χ4n) is 3.11. The molecule has 0 radical (unpaired) electrons. The maximum absolute atomic E-state index is 12.9. The van der Waals surface area contributed by atoms with Gasteiger partial charge in [-0.05, 0) is 48.5 Å². The number of phenols is 1. The third-order valence-electron chi connectivity index (χ3n) is 4.74. The van der Waals surface area contributed by atoms with E-state index in [2.05, 4.69) is 15.1 Å². The number of amides is 1. The normalized spacial score (nSPS) is 11.1. The smallest absolute Gasteiger partial charge is 0.280 e. The zero-order chi connectivity index (χ0) is 24.3. The van der Waals surface area contributed by atoms with Gasteiger partial charge in [0.15, 0.2) is 11.4 Å². The Labute approximate surface area is 200 Å². The first kappa shape index (κ1) is 23.1. The van der Waals surface area contributed by atoms with Gasteiger partial charge in [-0.3, -0.25) is 9.52 Å². The van der Waals surface area contributed by atoms with Crippen LogP contribution in [0.2, 0.25) is 5.02 Å². The van der Waals surface area contributed by atoms with Gasteiger partial charge in [-0.25, -0.2) is 13.1 Å². The average Bonchev–Trinajstić information content (AvgIpc) is 3.25. The van der Waals surface area contributed by atoms with Gasteiger partial charge in [0.05, 0.1) is 35.3 Å². The SMILES string of the molecule is COc1cn(-c2ccccc2)nc1C(=O)Nc1cc(S(=O)(=O)Nc2cccc(Cl)c2)ccc1O. The molecule has 0 aliphatic heterocycles. The van der Waals surface area contributed by atoms with Gasteiger partial charge in [0.2, 0.25) is 0 Å². The van der Waals surface area contributed by atoms with Gasteiger partial charge >= 0.3 is 0 Å². The third-order valence-corrected chi connectivity index (χ3v) is 6.35. The molecule has 4 aromatic rings. The summed E-state index contributed by atoms with van der Waals surface area (Å²) in [6.07, 6.45) is 1.54. The molecule has 0 fully saturated rings. The number of ether oxygens (including phenoxy) is 1. The molecule has 0 aliphatic rings. The van der Waals surface area contributed by atoms with E-state index in [1.165, 1.54) is 30.0 Å². The number of rotatable bonds is 7. The Morgan fingerprint density at radius 1 is 1.06 bits per heavy atom. The van der Waals surface area contributed by atoms with Crippen LogP contribution in [-0.2, 0) is 10.0 Å². The summed E-state index contributed by atoms with van der Waals surface area (Å²) in [6, 6.07) is 18.8. The molecule has 9 nitrogen and oxygen atoms in total. The van der Waals surface area contributed by atoms with Crippen LogP contribution in [0.15, 0.2) is 83.9 Å². The summed E-state index contributed by atoms with van der Waals surface area (Å²) >= 11 is 5.91. The Balaban J connectivity index is 1.61. The topological polar surface area (TPSA) is 123 Å². The Morgan fingerprint density at radius 3 is 2.53 bits per heavy atom. The Morgan fingerprint density at radius 2 is 1.82 bits per heavy atom. The van der Waals surface area contributed by atoms with Gasteiger partial charge in [0.1, 0.15) is 5.75 Å². The van der Waals surface area contributed by atoms with Crippen molar-refractivity contribution >= 4 is 38.9 Å². The molecule has 0 unspecified atom stereocenters. The number of aromatic hydroxyl groups is 1. The molecular weight excluding hydrogens is 480 g/mol. The summed E-state index contributed by atoms with van der Waals surface area (Å²) in [6.45, 7) is 0. The van der Waals surface area contributed by atoms with Gasteiger partial charge in [-0.1, -0.05) is 35.9 Å². The lowest BCUT2D eigenvalue weighted by atomic mass is 10.2. The van der Waals surface area contributed by atoms with Crippen molar-refractivity contribution in [3.05, 3.63) is 89.7 Å². The molecule has 0 saturated carbocycles. The predicted molar refractivity (Wildman–Crippen MR) is 128 cm³/mol. The van der Waals surface area contributed by atoms with Crippen LogP contribution in [-0.4, -0.2) is 36.3 Å². The molecule has 0 aliphatic carbocycles. The van der Waals surface area contributed by atoms with E-state index in [0.29, 0.717) is 10.7 Å². The van der Waals surface area contributed by atoms with Crippen LogP contribution in [0, 0.1) is 0 Å². The van der Waals surface area contributed by atoms with Crippen molar-refractivity contribution in [1.82, 2.24) is 9.78 Å². The number of hydrogen-bond acceptors (Lipinski definition) is 6. The number of halogens is 1. The van der Waals surface area contributed by atoms with Crippen LogP contribution < -0.4 is 14.8 Å². The van der Waals surface area contributed by atoms with Crippen molar-refractivity contribution in [3.63, 3.8) is 0 Å². The minimum atomic E-state index is -4.03. The van der Waals surface area contributed by atoms with Crippen LogP contribution in [0.5, 0.6) is 11.5 Å². The maximum Gasteiger partial charge on any atom is 0.280 e. The molecule has 3 aromatic carbocycles. The molecule has 34 heavy (non-hydrogen) atoms. The van der Waals surface area contributed by atoms with Crippen molar-refractivity contribution in [3.8, 4) is 17.2 Å². The number of nitrogens with zero attached hydrogens (tertiary/aromatic N) is 2. The van der Waals surface area contributed by atoms with E-state index in [9.17, 15) is 18.3 Å². The maximum atomic E-state index is 12.9. The highest BCUT2D eigenvalue weighted by Crippen LogP contribution is 2.29. The molecule has 11 heteroatoms. The van der Waals surface area contributed by atoms with E-state index in [1.807, 2.05) is 18.2 Å². The summed E-state index contributed by atoms with van der Waals surface area (Å²) < 4.78 is 34.8. The van der Waals surface area contributed by atoms with Gasteiger partial charge in [-0.2, -0.15) is 5.10 Å². The van der Waals surface area contributed by atoms with Gasteiger partial charge < -0.3 is 15.2 Å². The number of para-hydroxylation sites is 1. The van der Waals surface area contributed by atoms with Crippen LogP contribution in [0.1, 0.15) is 10.5 Å². The Hall–Kier alpha value is -4.02. The minimum Gasteiger partial charge on any atom is -0.506 e. The van der Waals surface area contributed by atoms with E-state index >= 15 is 0 Å². The van der Waals surface area contributed by atoms with Crippen LogP contribution in [0.3, 0.4) is 0 Å². The predicted octanol–water partition coefficient (Wildman–Crippen LogP) is 4.29. The number of carbonyl (C=O) groups excluding carboxylic acids is 1. The second-order valence-corrected chi connectivity index (χ2v) is 9.19. The largest absolute Gasteiger partial charge is 0.506 e. The zero-order valence-electron chi connectivity index (χ0n) is 17.8. The number of benzene rings is 3. The fourth-order valence-corrected chi connectivity index (χ4v) is 4.37. The minimum absolute atomic E-state index is 0.0453. The quantitative estimate of drug-likeness (QED) is 0.327. The molecule has 0 saturated heterocycles. The summed E-state index contributed by atoms with van der Waals surface area (Å²) in [4.78, 5) is 12.7.